The summed E-state index contributed by atoms with van der Waals surface area (Å²) >= 11 is 10.4. The van der Waals surface area contributed by atoms with Crippen molar-refractivity contribution < 1.29 is 4.52 Å². The normalized spacial score (nSPS) is 10.0. The predicted molar refractivity (Wildman–Crippen MR) is 31.2 cm³/mol. The Kier molecular flexibility index (Phi) is 4.81. The Morgan fingerprint density at radius 1 is 1.67 bits per heavy atom. The first-order valence-electron chi connectivity index (χ1n) is 1.37. The van der Waals surface area contributed by atoms with Crippen LogP contribution in [0.3, 0.4) is 0 Å². The van der Waals surface area contributed by atoms with Gasteiger partial charge in [-0.25, -0.2) is 0 Å². The minimum atomic E-state index is -0.400. The largest absolute Gasteiger partial charge is 0.363 e. The van der Waals surface area contributed by atoms with Crippen LogP contribution in [0.1, 0.15) is 0 Å². The van der Waals surface area contributed by atoms with Crippen LogP contribution in [0.15, 0.2) is 0 Å². The zero-order valence-corrected chi connectivity index (χ0v) is 5.69. The average molecular weight is 147 g/mol. The van der Waals surface area contributed by atoms with E-state index >= 15 is 0 Å². The highest BCUT2D eigenvalue weighted by Crippen LogP contribution is 2.02. The maximum atomic E-state index is 5.20. The van der Waals surface area contributed by atoms with Crippen molar-refractivity contribution in [2.75, 3.05) is 6.61 Å². The minimum absolute atomic E-state index is 0.369. The van der Waals surface area contributed by atoms with Gasteiger partial charge < -0.3 is 4.52 Å². The molecular weight excluding hydrogens is 142 g/mol. The Morgan fingerprint density at radius 2 is 2.17 bits per heavy atom. The maximum absolute atomic E-state index is 5.20. The van der Waals surface area contributed by atoms with E-state index in [1.807, 2.05) is 0 Å². The molecule has 0 aliphatic heterocycles. The highest BCUT2D eigenvalue weighted by molar-refractivity contribution is 7.09. The molecule has 0 aromatic heterocycles. The fraction of sp³-hybridized carbons (Fsp3) is 1.00. The Balaban J connectivity index is 2.63. The van der Waals surface area contributed by atoms with Crippen molar-refractivity contribution >= 4 is 32.7 Å². The van der Waals surface area contributed by atoms with E-state index in [0.29, 0.717) is 6.61 Å². The summed E-state index contributed by atoms with van der Waals surface area (Å²) in [4.78, 5) is -0.400. The lowest BCUT2D eigenvalue weighted by atomic mass is 10.9. The van der Waals surface area contributed by atoms with E-state index in [-0.39, 0.29) is 0 Å². The molecule has 0 N–H and O–H groups in total. The van der Waals surface area contributed by atoms with E-state index in [1.54, 1.807) is 0 Å². The van der Waals surface area contributed by atoms with Crippen LogP contribution in [-0.2, 0) is 4.52 Å². The van der Waals surface area contributed by atoms with Gasteiger partial charge in [-0.1, -0.05) is 0 Å². The molecule has 6 heavy (non-hydrogen) atoms. The lowest BCUT2D eigenvalue weighted by Crippen LogP contribution is -1.92. The highest BCUT2D eigenvalue weighted by Gasteiger charge is 1.92. The molecule has 0 aliphatic carbocycles. The Morgan fingerprint density at radius 3 is 2.17 bits per heavy atom. The molecule has 0 amide bonds. The monoisotopic (exact) mass is 146 g/mol. The van der Waals surface area contributed by atoms with E-state index < -0.39 is 4.84 Å². The third-order valence-electron chi connectivity index (χ3n) is 0.222. The maximum Gasteiger partial charge on any atom is 0.131 e. The van der Waals surface area contributed by atoms with Crippen molar-refractivity contribution in [3.63, 3.8) is 0 Å². The molecule has 0 aromatic rings. The SMILES string of the molecule is POCC(Cl)Cl. The molecule has 0 radical (unpaired) electrons. The topological polar surface area (TPSA) is 9.23 Å². The number of hydrogen-bond donors (Lipinski definition) is 0. The highest BCUT2D eigenvalue weighted by atomic mass is 35.5. The number of rotatable bonds is 2. The first-order valence-corrected chi connectivity index (χ1v) is 2.71. The lowest BCUT2D eigenvalue weighted by molar-refractivity contribution is 0.393. The summed E-state index contributed by atoms with van der Waals surface area (Å²) in [6, 6.07) is 0. The summed E-state index contributed by atoms with van der Waals surface area (Å²) in [7, 11) is 2.05. The second-order valence-corrected chi connectivity index (χ2v) is 2.33. The van der Waals surface area contributed by atoms with Crippen LogP contribution in [-0.4, -0.2) is 11.4 Å². The number of hydrogen-bond acceptors (Lipinski definition) is 1. The number of halogens is 2. The quantitative estimate of drug-likeness (QED) is 0.425. The second-order valence-electron chi connectivity index (χ2n) is 0.724. The van der Waals surface area contributed by atoms with Crippen LogP contribution in [0.2, 0.25) is 0 Å². The van der Waals surface area contributed by atoms with Crippen LogP contribution < -0.4 is 0 Å². The molecule has 1 atom stereocenters. The first kappa shape index (κ1) is 6.97. The molecule has 0 aliphatic rings. The van der Waals surface area contributed by atoms with Gasteiger partial charge in [0, 0.05) is 9.47 Å². The molecule has 0 bridgehead atoms. The molecule has 0 fully saturated rings. The van der Waals surface area contributed by atoms with Gasteiger partial charge >= 0.3 is 0 Å². The van der Waals surface area contributed by atoms with Crippen LogP contribution in [0, 0.1) is 0 Å². The zero-order chi connectivity index (χ0) is 4.99. The molecule has 38 valence electrons. The fourth-order valence-electron chi connectivity index (χ4n) is 0.0727. The Bertz CT molecular complexity index is 32.7. The number of alkyl halides is 2. The van der Waals surface area contributed by atoms with E-state index in [1.165, 1.54) is 0 Å². The third kappa shape index (κ3) is 4.97. The Labute approximate surface area is 49.2 Å². The van der Waals surface area contributed by atoms with Gasteiger partial charge in [0.2, 0.25) is 0 Å². The van der Waals surface area contributed by atoms with E-state index in [0.717, 1.165) is 0 Å². The smallest absolute Gasteiger partial charge is 0.131 e. The minimum Gasteiger partial charge on any atom is -0.363 e. The molecule has 0 saturated carbocycles. The van der Waals surface area contributed by atoms with Crippen molar-refractivity contribution in [2.45, 2.75) is 4.84 Å². The summed E-state index contributed by atoms with van der Waals surface area (Å²) in [6.45, 7) is 0.369. The van der Waals surface area contributed by atoms with E-state index in [9.17, 15) is 0 Å². The standard InChI is InChI=1S/C2H5Cl2OP/c3-2(4)1-5-6/h2H,1,6H2. The van der Waals surface area contributed by atoms with E-state index in [2.05, 4.69) is 14.0 Å². The molecule has 1 nitrogen and oxygen atoms in total. The summed E-state index contributed by atoms with van der Waals surface area (Å²) in [5.41, 5.74) is 0. The first-order chi connectivity index (χ1) is 2.77. The van der Waals surface area contributed by atoms with Gasteiger partial charge in [0.25, 0.3) is 0 Å². The van der Waals surface area contributed by atoms with Crippen LogP contribution in [0.25, 0.3) is 0 Å². The molecule has 0 aromatic carbocycles. The molecule has 4 heteroatoms. The molecule has 1 unspecified atom stereocenters. The molecular formula is C2H5Cl2OP. The van der Waals surface area contributed by atoms with Crippen LogP contribution in [0.4, 0.5) is 0 Å². The molecule has 0 saturated heterocycles. The second kappa shape index (κ2) is 4.14. The van der Waals surface area contributed by atoms with Crippen molar-refractivity contribution in [1.82, 2.24) is 0 Å². The van der Waals surface area contributed by atoms with Crippen molar-refractivity contribution in [1.29, 1.82) is 0 Å². The summed E-state index contributed by atoms with van der Waals surface area (Å²) < 4.78 is 4.46. The van der Waals surface area contributed by atoms with Gasteiger partial charge in [-0.2, -0.15) is 0 Å². The van der Waals surface area contributed by atoms with Gasteiger partial charge in [-0.05, 0) is 0 Å². The summed E-state index contributed by atoms with van der Waals surface area (Å²) in [5, 5.41) is 0. The fourth-order valence-corrected chi connectivity index (χ4v) is 0.655. The molecule has 0 rings (SSSR count). The Hall–Kier alpha value is 0.970. The summed E-state index contributed by atoms with van der Waals surface area (Å²) in [5.74, 6) is 0. The lowest BCUT2D eigenvalue weighted by Gasteiger charge is -1.92. The molecule has 0 heterocycles. The van der Waals surface area contributed by atoms with Crippen molar-refractivity contribution in [3.8, 4) is 0 Å². The van der Waals surface area contributed by atoms with Crippen molar-refractivity contribution in [2.24, 2.45) is 0 Å². The van der Waals surface area contributed by atoms with Crippen molar-refractivity contribution in [3.05, 3.63) is 0 Å². The van der Waals surface area contributed by atoms with Gasteiger partial charge in [-0.15, -0.1) is 23.2 Å². The zero-order valence-electron chi connectivity index (χ0n) is 3.03. The average Bonchev–Trinajstić information content (AvgIpc) is 1.35. The predicted octanol–water partition coefficient (Wildman–Crippen LogP) is 1.60. The third-order valence-corrected chi connectivity index (χ3v) is 0.667. The van der Waals surface area contributed by atoms with E-state index in [4.69, 9.17) is 23.2 Å². The van der Waals surface area contributed by atoms with Crippen LogP contribution >= 0.6 is 32.7 Å². The summed E-state index contributed by atoms with van der Waals surface area (Å²) in [6.07, 6.45) is 0. The van der Waals surface area contributed by atoms with Gasteiger partial charge in [0.15, 0.2) is 0 Å². The van der Waals surface area contributed by atoms with Gasteiger partial charge in [0.1, 0.15) is 4.84 Å². The van der Waals surface area contributed by atoms with Gasteiger partial charge in [0.05, 0.1) is 6.61 Å². The molecule has 0 spiro atoms. The van der Waals surface area contributed by atoms with Crippen LogP contribution in [0.5, 0.6) is 0 Å². The van der Waals surface area contributed by atoms with Gasteiger partial charge in [-0.3, -0.25) is 0 Å².